The molecule has 1 amide bonds. The van der Waals surface area contributed by atoms with Gasteiger partial charge in [-0.25, -0.2) is 0 Å². The lowest BCUT2D eigenvalue weighted by Gasteiger charge is -2.36. The highest BCUT2D eigenvalue weighted by molar-refractivity contribution is 5.80. The van der Waals surface area contributed by atoms with Crippen molar-refractivity contribution in [1.82, 2.24) is 10.2 Å². The fourth-order valence-electron chi connectivity index (χ4n) is 3.31. The number of hydrogen-bond donors (Lipinski definition) is 1. The Bertz CT molecular complexity index is 312. The van der Waals surface area contributed by atoms with Crippen molar-refractivity contribution >= 4 is 5.91 Å². The van der Waals surface area contributed by atoms with Gasteiger partial charge in [0.1, 0.15) is 6.10 Å². The number of nitrogens with one attached hydrogen (secondary N) is 1. The first-order chi connectivity index (χ1) is 9.61. The largest absolute Gasteiger partial charge is 0.379 e. The number of carbonyl (C=O) groups excluding carboxylic acids is 1. The first kappa shape index (κ1) is 15.7. The molecular weight excluding hydrogens is 256 g/mol. The Morgan fingerprint density at radius 3 is 2.55 bits per heavy atom. The van der Waals surface area contributed by atoms with Crippen molar-refractivity contribution in [2.75, 3.05) is 26.9 Å². The molecule has 20 heavy (non-hydrogen) atoms. The molecule has 1 N–H and O–H groups in total. The fraction of sp³-hybridized carbons (Fsp3) is 0.933. The van der Waals surface area contributed by atoms with Crippen LogP contribution in [-0.2, 0) is 14.3 Å². The maximum atomic E-state index is 12.4. The zero-order valence-electron chi connectivity index (χ0n) is 12.9. The fourth-order valence-corrected chi connectivity index (χ4v) is 3.31. The predicted octanol–water partition coefficient (Wildman–Crippen LogP) is 1.17. The number of nitrogens with zero attached hydrogens (tertiary/aromatic N) is 1. The molecule has 0 aromatic heterocycles. The zero-order chi connectivity index (χ0) is 14.5. The van der Waals surface area contributed by atoms with Gasteiger partial charge in [-0.2, -0.15) is 0 Å². The van der Waals surface area contributed by atoms with E-state index in [2.05, 4.69) is 5.32 Å². The van der Waals surface area contributed by atoms with Crippen molar-refractivity contribution in [2.24, 2.45) is 0 Å². The Morgan fingerprint density at radius 1 is 1.30 bits per heavy atom. The molecule has 0 aliphatic carbocycles. The number of amides is 1. The van der Waals surface area contributed by atoms with E-state index in [0.29, 0.717) is 37.9 Å². The van der Waals surface area contributed by atoms with Gasteiger partial charge < -0.3 is 19.7 Å². The molecule has 3 atom stereocenters. The highest BCUT2D eigenvalue weighted by Crippen LogP contribution is 2.29. The molecule has 0 radical (unpaired) electrons. The minimum Gasteiger partial charge on any atom is -0.379 e. The number of rotatable bonds is 7. The third-order valence-electron chi connectivity index (χ3n) is 4.49. The van der Waals surface area contributed by atoms with Crippen LogP contribution in [0.2, 0.25) is 0 Å². The molecule has 3 unspecified atom stereocenters. The zero-order valence-corrected chi connectivity index (χ0v) is 12.9. The smallest absolute Gasteiger partial charge is 0.251 e. The summed E-state index contributed by atoms with van der Waals surface area (Å²) in [4.78, 5) is 14.3. The van der Waals surface area contributed by atoms with Crippen molar-refractivity contribution in [2.45, 2.75) is 63.8 Å². The lowest BCUT2D eigenvalue weighted by molar-refractivity contribution is -0.145. The van der Waals surface area contributed by atoms with Crippen molar-refractivity contribution < 1.29 is 14.3 Å². The molecule has 2 heterocycles. The van der Waals surface area contributed by atoms with Gasteiger partial charge in [0.2, 0.25) is 0 Å². The number of fused-ring (bicyclic) bond motifs is 2. The summed E-state index contributed by atoms with van der Waals surface area (Å²) in [6.07, 6.45) is 4.27. The summed E-state index contributed by atoms with van der Waals surface area (Å²) >= 11 is 0. The lowest BCUT2D eigenvalue weighted by atomic mass is 9.98. The molecule has 2 rings (SSSR count). The molecule has 5 nitrogen and oxygen atoms in total. The van der Waals surface area contributed by atoms with Crippen LogP contribution in [0.15, 0.2) is 0 Å². The Balaban J connectivity index is 1.76. The maximum absolute atomic E-state index is 12.4. The summed E-state index contributed by atoms with van der Waals surface area (Å²) in [5, 5.41) is 3.61. The SMILES string of the molecule is CCOCCOC(C)C(=O)N(C)C1CC2CCC(C1)N2. The van der Waals surface area contributed by atoms with E-state index >= 15 is 0 Å². The summed E-state index contributed by atoms with van der Waals surface area (Å²) in [6.45, 7) is 5.50. The van der Waals surface area contributed by atoms with E-state index < -0.39 is 0 Å². The lowest BCUT2D eigenvalue weighted by Crippen LogP contribution is -2.51. The van der Waals surface area contributed by atoms with Crippen molar-refractivity contribution in [3.8, 4) is 0 Å². The molecule has 2 saturated heterocycles. The number of ether oxygens (including phenoxy) is 2. The minimum atomic E-state index is -0.381. The van der Waals surface area contributed by atoms with Crippen LogP contribution < -0.4 is 5.32 Å². The molecule has 2 aliphatic rings. The van der Waals surface area contributed by atoms with Crippen LogP contribution in [-0.4, -0.2) is 61.9 Å². The van der Waals surface area contributed by atoms with E-state index in [1.54, 1.807) is 0 Å². The molecule has 0 saturated carbocycles. The molecule has 2 aliphatic heterocycles. The summed E-state index contributed by atoms with van der Waals surface area (Å²) in [5.74, 6) is 0.0906. The predicted molar refractivity (Wildman–Crippen MR) is 77.6 cm³/mol. The molecule has 116 valence electrons. The summed E-state index contributed by atoms with van der Waals surface area (Å²) in [6, 6.07) is 1.56. The number of carbonyl (C=O) groups is 1. The van der Waals surface area contributed by atoms with Crippen LogP contribution in [0.25, 0.3) is 0 Å². The average molecular weight is 284 g/mol. The monoisotopic (exact) mass is 284 g/mol. The average Bonchev–Trinajstić information content (AvgIpc) is 2.80. The first-order valence-corrected chi connectivity index (χ1v) is 7.83. The summed E-state index contributed by atoms with van der Waals surface area (Å²) in [5.41, 5.74) is 0. The minimum absolute atomic E-state index is 0.0906. The van der Waals surface area contributed by atoms with Gasteiger partial charge >= 0.3 is 0 Å². The first-order valence-electron chi connectivity index (χ1n) is 7.83. The molecule has 0 aromatic rings. The van der Waals surface area contributed by atoms with E-state index in [0.717, 1.165) is 12.8 Å². The number of hydrogen-bond acceptors (Lipinski definition) is 4. The normalized spacial score (nSPS) is 30.2. The Morgan fingerprint density at radius 2 is 1.95 bits per heavy atom. The molecule has 2 fully saturated rings. The van der Waals surface area contributed by atoms with Gasteiger partial charge in [0, 0.05) is 31.8 Å². The highest BCUT2D eigenvalue weighted by Gasteiger charge is 2.37. The van der Waals surface area contributed by atoms with Crippen molar-refractivity contribution in [1.29, 1.82) is 0 Å². The van der Waals surface area contributed by atoms with Gasteiger partial charge in [-0.1, -0.05) is 0 Å². The summed E-state index contributed by atoms with van der Waals surface area (Å²) < 4.78 is 10.8. The number of piperidine rings is 1. The van der Waals surface area contributed by atoms with Crippen molar-refractivity contribution in [3.05, 3.63) is 0 Å². The third kappa shape index (κ3) is 3.93. The van der Waals surface area contributed by atoms with Gasteiger partial charge in [-0.05, 0) is 39.5 Å². The Labute approximate surface area is 122 Å². The highest BCUT2D eigenvalue weighted by atomic mass is 16.5. The van der Waals surface area contributed by atoms with E-state index in [-0.39, 0.29) is 12.0 Å². The molecular formula is C15H28N2O3. The molecule has 0 spiro atoms. The number of likely N-dealkylation sites (N-methyl/N-ethyl adjacent to an activating group) is 1. The Hall–Kier alpha value is -0.650. The van der Waals surface area contributed by atoms with Crippen molar-refractivity contribution in [3.63, 3.8) is 0 Å². The third-order valence-corrected chi connectivity index (χ3v) is 4.49. The second-order valence-electron chi connectivity index (χ2n) is 5.92. The Kier molecular flexibility index (Phi) is 5.81. The van der Waals surface area contributed by atoms with Gasteiger partial charge in [0.05, 0.1) is 13.2 Å². The van der Waals surface area contributed by atoms with Crippen LogP contribution in [0.3, 0.4) is 0 Å². The van der Waals surface area contributed by atoms with E-state index in [4.69, 9.17) is 9.47 Å². The van der Waals surface area contributed by atoms with E-state index in [9.17, 15) is 4.79 Å². The standard InChI is InChI=1S/C15H28N2O3/c1-4-19-7-8-20-11(2)15(18)17(3)14-9-12-5-6-13(10-14)16-12/h11-14,16H,4-10H2,1-3H3. The summed E-state index contributed by atoms with van der Waals surface area (Å²) in [7, 11) is 1.92. The van der Waals surface area contributed by atoms with Crippen LogP contribution in [0.5, 0.6) is 0 Å². The topological polar surface area (TPSA) is 50.8 Å². The second kappa shape index (κ2) is 7.38. The van der Waals surface area contributed by atoms with E-state index in [1.165, 1.54) is 12.8 Å². The van der Waals surface area contributed by atoms with Crippen LogP contribution >= 0.6 is 0 Å². The molecule has 5 heteroatoms. The van der Waals surface area contributed by atoms with E-state index in [1.807, 2.05) is 25.8 Å². The maximum Gasteiger partial charge on any atom is 0.251 e. The quantitative estimate of drug-likeness (QED) is 0.713. The van der Waals surface area contributed by atoms with Gasteiger partial charge in [0.25, 0.3) is 5.91 Å². The van der Waals surface area contributed by atoms with Crippen LogP contribution in [0.1, 0.15) is 39.5 Å². The molecule has 2 bridgehead atoms. The molecule has 0 aromatic carbocycles. The van der Waals surface area contributed by atoms with Crippen LogP contribution in [0, 0.1) is 0 Å². The van der Waals surface area contributed by atoms with Gasteiger partial charge in [0.15, 0.2) is 0 Å². The van der Waals surface area contributed by atoms with Gasteiger partial charge in [-0.3, -0.25) is 4.79 Å². The second-order valence-corrected chi connectivity index (χ2v) is 5.92. The van der Waals surface area contributed by atoms with Crippen LogP contribution in [0.4, 0.5) is 0 Å². The van der Waals surface area contributed by atoms with Gasteiger partial charge in [-0.15, -0.1) is 0 Å².